The summed E-state index contributed by atoms with van der Waals surface area (Å²) in [7, 11) is 2.13. The van der Waals surface area contributed by atoms with Crippen LogP contribution in [-0.2, 0) is 0 Å². The number of thiophene rings is 1. The van der Waals surface area contributed by atoms with E-state index in [9.17, 15) is 0 Å². The third kappa shape index (κ3) is 2.33. The average molecular weight is 262 g/mol. The molecule has 0 amide bonds. The van der Waals surface area contributed by atoms with Crippen molar-refractivity contribution in [3.05, 3.63) is 17.8 Å². The van der Waals surface area contributed by atoms with Gasteiger partial charge in [0.25, 0.3) is 0 Å². The number of fused-ring (bicyclic) bond motifs is 1. The van der Waals surface area contributed by atoms with E-state index in [1.807, 2.05) is 0 Å². The molecule has 0 aromatic carbocycles. The van der Waals surface area contributed by atoms with Crippen LogP contribution in [-0.4, -0.2) is 36.6 Å². The molecule has 0 spiro atoms. The van der Waals surface area contributed by atoms with Crippen molar-refractivity contribution < 1.29 is 0 Å². The minimum Gasteiger partial charge on any atom is -0.359 e. The Balaban J connectivity index is 1.78. The van der Waals surface area contributed by atoms with Crippen LogP contribution in [0.3, 0.4) is 0 Å². The van der Waals surface area contributed by atoms with Crippen molar-refractivity contribution in [2.24, 2.45) is 5.92 Å². The van der Waals surface area contributed by atoms with Crippen LogP contribution in [0.1, 0.15) is 12.8 Å². The van der Waals surface area contributed by atoms with Crippen molar-refractivity contribution in [1.29, 1.82) is 0 Å². The van der Waals surface area contributed by atoms with Gasteiger partial charge >= 0.3 is 0 Å². The van der Waals surface area contributed by atoms with Crippen molar-refractivity contribution in [3.63, 3.8) is 0 Å². The first-order valence-electron chi connectivity index (χ1n) is 6.44. The van der Waals surface area contributed by atoms with E-state index < -0.39 is 0 Å². The Kier molecular flexibility index (Phi) is 3.43. The standard InChI is InChI=1S/C13H18N4S/c1-17(8-10-3-2-5-14-7-10)12-11-4-6-18-13(11)16-9-15-12/h4,6,9-10,14H,2-3,5,7-8H2,1H3. The summed E-state index contributed by atoms with van der Waals surface area (Å²) in [4.78, 5) is 12.1. The maximum absolute atomic E-state index is 4.45. The zero-order chi connectivity index (χ0) is 12.4. The fraction of sp³-hybridized carbons (Fsp3) is 0.538. The van der Waals surface area contributed by atoms with E-state index in [0.29, 0.717) is 0 Å². The second-order valence-electron chi connectivity index (χ2n) is 4.93. The number of hydrogen-bond donors (Lipinski definition) is 1. The minimum atomic E-state index is 0.729. The van der Waals surface area contributed by atoms with E-state index in [2.05, 4.69) is 38.7 Å². The summed E-state index contributed by atoms with van der Waals surface area (Å²) in [6.07, 6.45) is 4.27. The van der Waals surface area contributed by atoms with Crippen LogP contribution >= 0.6 is 11.3 Å². The van der Waals surface area contributed by atoms with Gasteiger partial charge in [0.15, 0.2) is 0 Å². The van der Waals surface area contributed by atoms with Crippen LogP contribution in [0.5, 0.6) is 0 Å². The first-order valence-corrected chi connectivity index (χ1v) is 7.32. The van der Waals surface area contributed by atoms with Crippen molar-refractivity contribution >= 4 is 27.4 Å². The second-order valence-corrected chi connectivity index (χ2v) is 5.82. The highest BCUT2D eigenvalue weighted by molar-refractivity contribution is 7.16. The quantitative estimate of drug-likeness (QED) is 0.920. The molecule has 3 heterocycles. The Morgan fingerprint density at radius 3 is 3.28 bits per heavy atom. The molecule has 1 N–H and O–H groups in total. The van der Waals surface area contributed by atoms with Crippen molar-refractivity contribution in [2.75, 3.05) is 31.6 Å². The van der Waals surface area contributed by atoms with Crippen molar-refractivity contribution in [1.82, 2.24) is 15.3 Å². The Hall–Kier alpha value is -1.20. The number of piperidine rings is 1. The molecular weight excluding hydrogens is 244 g/mol. The van der Waals surface area contributed by atoms with Crippen LogP contribution in [0.2, 0.25) is 0 Å². The first-order chi connectivity index (χ1) is 8.84. The van der Waals surface area contributed by atoms with E-state index in [0.717, 1.165) is 29.7 Å². The van der Waals surface area contributed by atoms with Crippen LogP contribution in [0.4, 0.5) is 5.82 Å². The maximum Gasteiger partial charge on any atom is 0.140 e. The predicted octanol–water partition coefficient (Wildman–Crippen LogP) is 2.13. The molecule has 18 heavy (non-hydrogen) atoms. The predicted molar refractivity (Wildman–Crippen MR) is 76.3 cm³/mol. The fourth-order valence-corrected chi connectivity index (χ4v) is 3.36. The second kappa shape index (κ2) is 5.20. The van der Waals surface area contributed by atoms with Gasteiger partial charge in [0, 0.05) is 13.6 Å². The Morgan fingerprint density at radius 2 is 2.44 bits per heavy atom. The molecule has 1 atom stereocenters. The zero-order valence-corrected chi connectivity index (χ0v) is 11.4. The summed E-state index contributed by atoms with van der Waals surface area (Å²) in [6.45, 7) is 3.36. The largest absolute Gasteiger partial charge is 0.359 e. The van der Waals surface area contributed by atoms with E-state index in [1.165, 1.54) is 24.8 Å². The molecule has 1 aliphatic rings. The average Bonchev–Trinajstić information content (AvgIpc) is 2.87. The molecule has 1 aliphatic heterocycles. The van der Waals surface area contributed by atoms with Crippen molar-refractivity contribution in [2.45, 2.75) is 12.8 Å². The summed E-state index contributed by atoms with van der Waals surface area (Å²) in [5, 5.41) is 6.72. The number of hydrogen-bond acceptors (Lipinski definition) is 5. The lowest BCUT2D eigenvalue weighted by atomic mass is 9.99. The highest BCUT2D eigenvalue weighted by Crippen LogP contribution is 2.26. The zero-order valence-electron chi connectivity index (χ0n) is 10.6. The van der Waals surface area contributed by atoms with Crippen LogP contribution < -0.4 is 10.2 Å². The molecule has 3 rings (SSSR count). The third-order valence-corrected chi connectivity index (χ3v) is 4.35. The lowest BCUT2D eigenvalue weighted by Crippen LogP contribution is -2.37. The third-order valence-electron chi connectivity index (χ3n) is 3.53. The Labute approximate surface area is 111 Å². The molecule has 1 fully saturated rings. The Morgan fingerprint density at radius 1 is 1.50 bits per heavy atom. The van der Waals surface area contributed by atoms with Gasteiger partial charge in [-0.2, -0.15) is 0 Å². The SMILES string of the molecule is CN(CC1CCCNC1)c1ncnc2sccc12. The van der Waals surface area contributed by atoms with Crippen LogP contribution in [0.25, 0.3) is 10.2 Å². The minimum absolute atomic E-state index is 0.729. The number of anilines is 1. The van der Waals surface area contributed by atoms with Gasteiger partial charge in [0.2, 0.25) is 0 Å². The van der Waals surface area contributed by atoms with E-state index in [1.54, 1.807) is 17.7 Å². The van der Waals surface area contributed by atoms with Crippen LogP contribution in [0.15, 0.2) is 17.8 Å². The van der Waals surface area contributed by atoms with Gasteiger partial charge in [0.05, 0.1) is 5.39 Å². The molecule has 0 bridgehead atoms. The number of aromatic nitrogens is 2. The highest BCUT2D eigenvalue weighted by atomic mass is 32.1. The lowest BCUT2D eigenvalue weighted by Gasteiger charge is -2.28. The van der Waals surface area contributed by atoms with Gasteiger partial charge in [-0.05, 0) is 43.3 Å². The summed E-state index contributed by atoms with van der Waals surface area (Å²) < 4.78 is 0. The van der Waals surface area contributed by atoms with E-state index in [-0.39, 0.29) is 0 Å². The smallest absolute Gasteiger partial charge is 0.140 e. The fourth-order valence-electron chi connectivity index (χ4n) is 2.63. The van der Waals surface area contributed by atoms with Gasteiger partial charge in [-0.25, -0.2) is 9.97 Å². The topological polar surface area (TPSA) is 41.0 Å². The van der Waals surface area contributed by atoms with E-state index in [4.69, 9.17) is 0 Å². The molecular formula is C13H18N4S. The summed E-state index contributed by atoms with van der Waals surface area (Å²) in [6, 6.07) is 2.12. The summed E-state index contributed by atoms with van der Waals surface area (Å²) in [5.41, 5.74) is 0. The number of nitrogens with zero attached hydrogens (tertiary/aromatic N) is 3. The molecule has 2 aromatic heterocycles. The van der Waals surface area contributed by atoms with Gasteiger partial charge in [-0.3, -0.25) is 0 Å². The normalized spacial score (nSPS) is 20.2. The first kappa shape index (κ1) is 11.9. The molecule has 96 valence electrons. The molecule has 2 aromatic rings. The van der Waals surface area contributed by atoms with Gasteiger partial charge in [-0.1, -0.05) is 0 Å². The molecule has 0 radical (unpaired) electrons. The lowest BCUT2D eigenvalue weighted by molar-refractivity contribution is 0.381. The number of rotatable bonds is 3. The summed E-state index contributed by atoms with van der Waals surface area (Å²) >= 11 is 1.67. The highest BCUT2D eigenvalue weighted by Gasteiger charge is 2.17. The van der Waals surface area contributed by atoms with Crippen molar-refractivity contribution in [3.8, 4) is 0 Å². The molecule has 1 saturated heterocycles. The Bertz CT molecular complexity index is 518. The summed E-state index contributed by atoms with van der Waals surface area (Å²) in [5.74, 6) is 1.79. The van der Waals surface area contributed by atoms with Gasteiger partial charge in [-0.15, -0.1) is 11.3 Å². The van der Waals surface area contributed by atoms with Gasteiger partial charge < -0.3 is 10.2 Å². The van der Waals surface area contributed by atoms with Gasteiger partial charge in [0.1, 0.15) is 17.0 Å². The van der Waals surface area contributed by atoms with Crippen LogP contribution in [0, 0.1) is 5.92 Å². The molecule has 5 heteroatoms. The maximum atomic E-state index is 4.45. The molecule has 0 aliphatic carbocycles. The molecule has 0 saturated carbocycles. The number of nitrogens with one attached hydrogen (secondary N) is 1. The molecule has 4 nitrogen and oxygen atoms in total. The molecule has 1 unspecified atom stereocenters. The van der Waals surface area contributed by atoms with E-state index >= 15 is 0 Å². The monoisotopic (exact) mass is 262 g/mol.